The van der Waals surface area contributed by atoms with Crippen LogP contribution < -0.4 is 14.8 Å². The van der Waals surface area contributed by atoms with E-state index in [9.17, 15) is 4.79 Å². The lowest BCUT2D eigenvalue weighted by molar-refractivity contribution is -0.132. The number of carbonyl (C=O) groups is 1. The van der Waals surface area contributed by atoms with Crippen molar-refractivity contribution in [2.24, 2.45) is 0 Å². The van der Waals surface area contributed by atoms with E-state index in [1.54, 1.807) is 0 Å². The second-order valence-electron chi connectivity index (χ2n) is 8.55. The molecule has 1 atom stereocenters. The van der Waals surface area contributed by atoms with E-state index in [2.05, 4.69) is 71.7 Å². The van der Waals surface area contributed by atoms with E-state index in [1.165, 1.54) is 21.9 Å². The van der Waals surface area contributed by atoms with Crippen LogP contribution in [0.4, 0.5) is 0 Å². The van der Waals surface area contributed by atoms with Gasteiger partial charge in [-0.25, -0.2) is 0 Å². The third-order valence-corrected chi connectivity index (χ3v) is 6.40. The number of benzene rings is 3. The van der Waals surface area contributed by atoms with E-state index in [1.807, 2.05) is 11.0 Å². The maximum atomic E-state index is 12.8. The maximum absolute atomic E-state index is 12.8. The summed E-state index contributed by atoms with van der Waals surface area (Å²) in [6, 6.07) is 21.1. The van der Waals surface area contributed by atoms with Gasteiger partial charge in [-0.05, 0) is 47.0 Å². The molecule has 166 valence electrons. The lowest BCUT2D eigenvalue weighted by Gasteiger charge is -2.35. The zero-order valence-electron chi connectivity index (χ0n) is 18.4. The van der Waals surface area contributed by atoms with E-state index in [0.29, 0.717) is 13.3 Å². The van der Waals surface area contributed by atoms with Crippen molar-refractivity contribution in [3.8, 4) is 11.5 Å². The van der Waals surface area contributed by atoms with Crippen molar-refractivity contribution in [1.29, 1.82) is 0 Å². The van der Waals surface area contributed by atoms with Crippen LogP contribution >= 0.6 is 0 Å². The number of carbonyl (C=O) groups excluding carboxylic acids is 1. The molecule has 32 heavy (non-hydrogen) atoms. The SMILES string of the molecule is C[C@@H](NCC(=O)N1CCN(Cc2ccc3c(c2)OCO3)CC1)c1ccc2ccccc2c1. The first-order valence-electron chi connectivity index (χ1n) is 11.3. The van der Waals surface area contributed by atoms with Crippen LogP contribution in [0.3, 0.4) is 0 Å². The van der Waals surface area contributed by atoms with E-state index < -0.39 is 0 Å². The fourth-order valence-corrected chi connectivity index (χ4v) is 4.40. The Bertz CT molecular complexity index is 1110. The molecular formula is C26H29N3O3. The highest BCUT2D eigenvalue weighted by Crippen LogP contribution is 2.32. The van der Waals surface area contributed by atoms with Gasteiger partial charge in [-0.15, -0.1) is 0 Å². The number of amides is 1. The number of ether oxygens (including phenoxy) is 2. The van der Waals surface area contributed by atoms with E-state index in [0.717, 1.165) is 44.2 Å². The van der Waals surface area contributed by atoms with Crippen LogP contribution in [-0.2, 0) is 11.3 Å². The Labute approximate surface area is 188 Å². The summed E-state index contributed by atoms with van der Waals surface area (Å²) in [5.74, 6) is 1.80. The molecule has 6 nitrogen and oxygen atoms in total. The number of nitrogens with one attached hydrogen (secondary N) is 1. The summed E-state index contributed by atoms with van der Waals surface area (Å²) in [6.45, 7) is 6.89. The molecule has 3 aromatic carbocycles. The van der Waals surface area contributed by atoms with Gasteiger partial charge in [0.1, 0.15) is 0 Å². The van der Waals surface area contributed by atoms with Gasteiger partial charge < -0.3 is 19.7 Å². The summed E-state index contributed by atoms with van der Waals surface area (Å²) in [6.07, 6.45) is 0. The van der Waals surface area contributed by atoms with E-state index in [4.69, 9.17) is 9.47 Å². The Morgan fingerprint density at radius 1 is 0.938 bits per heavy atom. The zero-order valence-corrected chi connectivity index (χ0v) is 18.4. The topological polar surface area (TPSA) is 54.0 Å². The molecule has 2 aliphatic heterocycles. The predicted molar refractivity (Wildman–Crippen MR) is 125 cm³/mol. The van der Waals surface area contributed by atoms with Crippen LogP contribution in [0.1, 0.15) is 24.1 Å². The predicted octanol–water partition coefficient (Wildman–Crippen LogP) is 3.56. The number of fused-ring (bicyclic) bond motifs is 2. The number of piperazine rings is 1. The zero-order chi connectivity index (χ0) is 21.9. The van der Waals surface area contributed by atoms with Gasteiger partial charge in [-0.2, -0.15) is 0 Å². The highest BCUT2D eigenvalue weighted by Gasteiger charge is 2.22. The van der Waals surface area contributed by atoms with Crippen molar-refractivity contribution in [2.75, 3.05) is 39.5 Å². The van der Waals surface area contributed by atoms with Crippen LogP contribution in [0.25, 0.3) is 10.8 Å². The molecule has 1 fully saturated rings. The fraction of sp³-hybridized carbons (Fsp3) is 0.346. The average Bonchev–Trinajstić information content (AvgIpc) is 3.30. The molecule has 1 saturated heterocycles. The second-order valence-corrected chi connectivity index (χ2v) is 8.55. The molecule has 0 saturated carbocycles. The van der Waals surface area contributed by atoms with Crippen LogP contribution in [0, 0.1) is 0 Å². The Morgan fingerprint density at radius 2 is 1.72 bits per heavy atom. The van der Waals surface area contributed by atoms with Gasteiger partial charge in [0.2, 0.25) is 12.7 Å². The summed E-state index contributed by atoms with van der Waals surface area (Å²) in [5.41, 5.74) is 2.41. The summed E-state index contributed by atoms with van der Waals surface area (Å²) >= 11 is 0. The fourth-order valence-electron chi connectivity index (χ4n) is 4.40. The smallest absolute Gasteiger partial charge is 0.236 e. The molecule has 0 unspecified atom stereocenters. The lowest BCUT2D eigenvalue weighted by Crippen LogP contribution is -2.50. The number of hydrogen-bond donors (Lipinski definition) is 1. The third-order valence-electron chi connectivity index (χ3n) is 6.40. The molecule has 3 aromatic rings. The monoisotopic (exact) mass is 431 g/mol. The van der Waals surface area contributed by atoms with Crippen molar-refractivity contribution >= 4 is 16.7 Å². The third kappa shape index (κ3) is 4.56. The van der Waals surface area contributed by atoms with Gasteiger partial charge in [0.15, 0.2) is 11.5 Å². The van der Waals surface area contributed by atoms with Crippen molar-refractivity contribution in [1.82, 2.24) is 15.1 Å². The maximum Gasteiger partial charge on any atom is 0.236 e. The van der Waals surface area contributed by atoms with Gasteiger partial charge in [-0.1, -0.05) is 42.5 Å². The molecule has 1 amide bonds. The highest BCUT2D eigenvalue weighted by molar-refractivity contribution is 5.83. The first kappa shape index (κ1) is 20.8. The molecule has 0 spiro atoms. The van der Waals surface area contributed by atoms with Crippen molar-refractivity contribution in [3.05, 3.63) is 71.8 Å². The molecule has 2 aliphatic rings. The quantitative estimate of drug-likeness (QED) is 0.647. The molecular weight excluding hydrogens is 402 g/mol. The normalized spacial score (nSPS) is 17.0. The van der Waals surface area contributed by atoms with Gasteiger partial charge in [0.05, 0.1) is 6.54 Å². The largest absolute Gasteiger partial charge is 0.454 e. The Hall–Kier alpha value is -3.09. The minimum atomic E-state index is 0.121. The van der Waals surface area contributed by atoms with E-state index >= 15 is 0 Å². The molecule has 1 N–H and O–H groups in total. The van der Waals surface area contributed by atoms with Crippen LogP contribution in [0.2, 0.25) is 0 Å². The van der Waals surface area contributed by atoms with Gasteiger partial charge in [0.25, 0.3) is 0 Å². The van der Waals surface area contributed by atoms with Gasteiger partial charge in [-0.3, -0.25) is 9.69 Å². The second kappa shape index (κ2) is 9.18. The summed E-state index contributed by atoms with van der Waals surface area (Å²) in [4.78, 5) is 17.1. The number of rotatable bonds is 6. The van der Waals surface area contributed by atoms with Crippen molar-refractivity contribution in [2.45, 2.75) is 19.5 Å². The first-order valence-corrected chi connectivity index (χ1v) is 11.3. The van der Waals surface area contributed by atoms with E-state index in [-0.39, 0.29) is 11.9 Å². The van der Waals surface area contributed by atoms with Gasteiger partial charge in [0, 0.05) is 38.8 Å². The lowest BCUT2D eigenvalue weighted by atomic mass is 10.0. The average molecular weight is 432 g/mol. The molecule has 0 radical (unpaired) electrons. The van der Waals surface area contributed by atoms with Crippen LogP contribution in [0.5, 0.6) is 11.5 Å². The molecule has 5 rings (SSSR count). The summed E-state index contributed by atoms with van der Waals surface area (Å²) in [7, 11) is 0. The Morgan fingerprint density at radius 3 is 2.56 bits per heavy atom. The molecule has 0 aromatic heterocycles. The number of nitrogens with zero attached hydrogens (tertiary/aromatic N) is 2. The summed E-state index contributed by atoms with van der Waals surface area (Å²) < 4.78 is 10.9. The standard InChI is InChI=1S/C26H29N3O3/c1-19(22-8-7-21-4-2-3-5-23(21)15-22)27-16-26(30)29-12-10-28(11-13-29)17-20-6-9-24-25(14-20)32-18-31-24/h2-9,14-15,19,27H,10-13,16-18H2,1H3/t19-/m1/s1. The number of hydrogen-bond acceptors (Lipinski definition) is 5. The highest BCUT2D eigenvalue weighted by atomic mass is 16.7. The Kier molecular flexibility index (Phi) is 5.97. The van der Waals surface area contributed by atoms with Crippen molar-refractivity contribution < 1.29 is 14.3 Å². The van der Waals surface area contributed by atoms with Crippen molar-refractivity contribution in [3.63, 3.8) is 0 Å². The first-order chi connectivity index (χ1) is 15.7. The van der Waals surface area contributed by atoms with Crippen LogP contribution in [-0.4, -0.2) is 55.2 Å². The van der Waals surface area contributed by atoms with Gasteiger partial charge >= 0.3 is 0 Å². The minimum Gasteiger partial charge on any atom is -0.454 e. The molecule has 2 heterocycles. The molecule has 0 bridgehead atoms. The molecule has 6 heteroatoms. The van der Waals surface area contributed by atoms with Crippen LogP contribution in [0.15, 0.2) is 60.7 Å². The minimum absolute atomic E-state index is 0.121. The summed E-state index contributed by atoms with van der Waals surface area (Å²) in [5, 5.41) is 5.86. The molecule has 0 aliphatic carbocycles. The Balaban J connectivity index is 1.09.